The molecule has 4 heteroatoms. The molecule has 0 aromatic rings. The SMILES string of the molecule is C1COCCN1.CC.C[C@H]1COCCN1. The van der Waals surface area contributed by atoms with Crippen LogP contribution in [0.1, 0.15) is 20.8 Å². The van der Waals surface area contributed by atoms with Crippen LogP contribution >= 0.6 is 0 Å². The molecule has 2 fully saturated rings. The van der Waals surface area contributed by atoms with Crippen molar-refractivity contribution in [2.45, 2.75) is 26.8 Å². The van der Waals surface area contributed by atoms with E-state index in [4.69, 9.17) is 9.47 Å². The van der Waals surface area contributed by atoms with Gasteiger partial charge < -0.3 is 20.1 Å². The molecule has 0 spiro atoms. The third-order valence-electron chi connectivity index (χ3n) is 1.95. The van der Waals surface area contributed by atoms with Crippen LogP contribution in [0.2, 0.25) is 0 Å². The maximum absolute atomic E-state index is 5.12. The summed E-state index contributed by atoms with van der Waals surface area (Å²) in [5.41, 5.74) is 0. The largest absolute Gasteiger partial charge is 0.379 e. The van der Waals surface area contributed by atoms with Crippen LogP contribution in [0, 0.1) is 0 Å². The average molecular weight is 218 g/mol. The first-order chi connectivity index (χ1) is 7.39. The van der Waals surface area contributed by atoms with Crippen LogP contribution in [0.5, 0.6) is 0 Å². The highest BCUT2D eigenvalue weighted by Gasteiger charge is 2.04. The Balaban J connectivity index is 0.000000227. The number of morpholine rings is 2. The average Bonchev–Trinajstić information content (AvgIpc) is 2.36. The minimum atomic E-state index is 0.564. The van der Waals surface area contributed by atoms with Crippen LogP contribution in [0.15, 0.2) is 0 Å². The zero-order chi connectivity index (χ0) is 11.4. The molecule has 2 saturated heterocycles. The second kappa shape index (κ2) is 11.9. The second-order valence-electron chi connectivity index (χ2n) is 3.29. The van der Waals surface area contributed by atoms with E-state index in [1.54, 1.807) is 0 Å². The molecule has 2 heterocycles. The van der Waals surface area contributed by atoms with Gasteiger partial charge in [-0.3, -0.25) is 0 Å². The normalized spacial score (nSPS) is 25.4. The molecule has 0 amide bonds. The monoisotopic (exact) mass is 218 g/mol. The Labute approximate surface area is 93.7 Å². The lowest BCUT2D eigenvalue weighted by Crippen LogP contribution is -2.38. The lowest BCUT2D eigenvalue weighted by atomic mass is 10.3. The van der Waals surface area contributed by atoms with Crippen LogP contribution in [0.25, 0.3) is 0 Å². The van der Waals surface area contributed by atoms with Crippen molar-refractivity contribution in [3.63, 3.8) is 0 Å². The molecule has 0 aliphatic carbocycles. The molecule has 0 radical (unpaired) electrons. The van der Waals surface area contributed by atoms with Gasteiger partial charge in [-0.05, 0) is 6.92 Å². The maximum Gasteiger partial charge on any atom is 0.0617 e. The first-order valence-corrected chi connectivity index (χ1v) is 5.99. The predicted octanol–water partition coefficient (Wildman–Crippen LogP) is 0.627. The van der Waals surface area contributed by atoms with E-state index in [0.29, 0.717) is 6.04 Å². The van der Waals surface area contributed by atoms with Gasteiger partial charge in [-0.2, -0.15) is 0 Å². The number of rotatable bonds is 0. The Morgan fingerprint density at radius 2 is 1.53 bits per heavy atom. The van der Waals surface area contributed by atoms with Gasteiger partial charge in [-0.15, -0.1) is 0 Å². The van der Waals surface area contributed by atoms with Crippen LogP contribution in [-0.2, 0) is 9.47 Å². The van der Waals surface area contributed by atoms with E-state index in [2.05, 4.69) is 17.6 Å². The van der Waals surface area contributed by atoms with Crippen molar-refractivity contribution in [1.29, 1.82) is 0 Å². The summed E-state index contributed by atoms with van der Waals surface area (Å²) < 4.78 is 10.1. The highest BCUT2D eigenvalue weighted by molar-refractivity contribution is 4.62. The van der Waals surface area contributed by atoms with E-state index in [-0.39, 0.29) is 0 Å². The molecular weight excluding hydrogens is 192 g/mol. The fraction of sp³-hybridized carbons (Fsp3) is 1.00. The van der Waals surface area contributed by atoms with Gasteiger partial charge in [0.15, 0.2) is 0 Å². The van der Waals surface area contributed by atoms with Crippen molar-refractivity contribution < 1.29 is 9.47 Å². The molecule has 1 atom stereocenters. The van der Waals surface area contributed by atoms with E-state index in [9.17, 15) is 0 Å². The summed E-state index contributed by atoms with van der Waals surface area (Å²) in [4.78, 5) is 0. The summed E-state index contributed by atoms with van der Waals surface area (Å²) in [7, 11) is 0. The lowest BCUT2D eigenvalue weighted by Gasteiger charge is -2.19. The molecule has 2 aliphatic heterocycles. The smallest absolute Gasteiger partial charge is 0.0617 e. The molecule has 15 heavy (non-hydrogen) atoms. The van der Waals surface area contributed by atoms with Crippen LogP contribution in [-0.4, -0.2) is 52.1 Å². The first-order valence-electron chi connectivity index (χ1n) is 5.99. The van der Waals surface area contributed by atoms with Gasteiger partial charge in [0.2, 0.25) is 0 Å². The van der Waals surface area contributed by atoms with Crippen LogP contribution in [0.3, 0.4) is 0 Å². The molecule has 0 saturated carbocycles. The fourth-order valence-corrected chi connectivity index (χ4v) is 1.21. The van der Waals surface area contributed by atoms with Gasteiger partial charge in [0.25, 0.3) is 0 Å². The van der Waals surface area contributed by atoms with E-state index >= 15 is 0 Å². The molecule has 0 aromatic carbocycles. The summed E-state index contributed by atoms with van der Waals surface area (Å²) in [6.07, 6.45) is 0. The third kappa shape index (κ3) is 10.1. The van der Waals surface area contributed by atoms with E-state index in [1.807, 2.05) is 13.8 Å². The molecule has 2 rings (SSSR count). The van der Waals surface area contributed by atoms with Crippen LogP contribution in [0.4, 0.5) is 0 Å². The second-order valence-corrected chi connectivity index (χ2v) is 3.29. The topological polar surface area (TPSA) is 42.5 Å². The molecular formula is C11H26N2O2. The molecule has 0 bridgehead atoms. The lowest BCUT2D eigenvalue weighted by molar-refractivity contribution is 0.0824. The summed E-state index contributed by atoms with van der Waals surface area (Å²) in [5.74, 6) is 0. The van der Waals surface area contributed by atoms with E-state index in [0.717, 1.165) is 46.1 Å². The molecule has 2 N–H and O–H groups in total. The number of hydrogen-bond donors (Lipinski definition) is 2. The van der Waals surface area contributed by atoms with Crippen molar-refractivity contribution in [2.24, 2.45) is 0 Å². The fourth-order valence-electron chi connectivity index (χ4n) is 1.21. The van der Waals surface area contributed by atoms with Crippen molar-refractivity contribution in [1.82, 2.24) is 10.6 Å². The Morgan fingerprint density at radius 1 is 0.933 bits per heavy atom. The molecule has 0 unspecified atom stereocenters. The summed E-state index contributed by atoms with van der Waals surface area (Å²) >= 11 is 0. The zero-order valence-electron chi connectivity index (χ0n) is 10.3. The molecule has 92 valence electrons. The summed E-state index contributed by atoms with van der Waals surface area (Å²) in [5, 5.41) is 6.42. The van der Waals surface area contributed by atoms with Gasteiger partial charge in [-0.25, -0.2) is 0 Å². The molecule has 2 aliphatic rings. The summed E-state index contributed by atoms with van der Waals surface area (Å²) in [6, 6.07) is 0.564. The van der Waals surface area contributed by atoms with Crippen molar-refractivity contribution in [3.05, 3.63) is 0 Å². The maximum atomic E-state index is 5.12. The minimum Gasteiger partial charge on any atom is -0.379 e. The Bertz CT molecular complexity index is 102. The predicted molar refractivity (Wildman–Crippen MR) is 63.3 cm³/mol. The molecule has 0 aromatic heterocycles. The van der Waals surface area contributed by atoms with Crippen molar-refractivity contribution in [2.75, 3.05) is 46.1 Å². The quantitative estimate of drug-likeness (QED) is 0.626. The zero-order valence-corrected chi connectivity index (χ0v) is 10.3. The van der Waals surface area contributed by atoms with Gasteiger partial charge in [0.05, 0.1) is 26.4 Å². The molecule has 4 nitrogen and oxygen atoms in total. The Hall–Kier alpha value is -0.160. The van der Waals surface area contributed by atoms with Crippen molar-refractivity contribution >= 4 is 0 Å². The standard InChI is InChI=1S/C5H11NO.C4H9NO.C2H6/c1-5-4-7-3-2-6-5;1-3-6-4-2-5-1;1-2/h5-6H,2-4H2,1H3;5H,1-4H2;1-2H3/t5-;;/m0../s1. The Kier molecular flexibility index (Phi) is 11.8. The summed E-state index contributed by atoms with van der Waals surface area (Å²) in [6.45, 7) is 12.7. The minimum absolute atomic E-state index is 0.564. The van der Waals surface area contributed by atoms with E-state index in [1.165, 1.54) is 0 Å². The van der Waals surface area contributed by atoms with Crippen molar-refractivity contribution in [3.8, 4) is 0 Å². The first kappa shape index (κ1) is 14.8. The van der Waals surface area contributed by atoms with Crippen LogP contribution < -0.4 is 10.6 Å². The highest BCUT2D eigenvalue weighted by Crippen LogP contribution is 1.88. The number of nitrogens with one attached hydrogen (secondary N) is 2. The highest BCUT2D eigenvalue weighted by atomic mass is 16.5. The third-order valence-corrected chi connectivity index (χ3v) is 1.95. The van der Waals surface area contributed by atoms with Gasteiger partial charge in [0.1, 0.15) is 0 Å². The number of hydrogen-bond acceptors (Lipinski definition) is 4. The Morgan fingerprint density at radius 3 is 1.73 bits per heavy atom. The van der Waals surface area contributed by atoms with E-state index < -0.39 is 0 Å². The van der Waals surface area contributed by atoms with Gasteiger partial charge in [0, 0.05) is 25.7 Å². The van der Waals surface area contributed by atoms with Gasteiger partial charge >= 0.3 is 0 Å². The number of ether oxygens (including phenoxy) is 2. The van der Waals surface area contributed by atoms with Gasteiger partial charge in [-0.1, -0.05) is 13.8 Å².